The number of hydrogen-bond donors (Lipinski definition) is 1. The number of nitrogens with one attached hydrogen (secondary N) is 1. The Kier molecular flexibility index (Phi) is 5.99. The topological polar surface area (TPSA) is 50.7 Å². The van der Waals surface area contributed by atoms with Crippen molar-refractivity contribution in [2.75, 3.05) is 7.11 Å². The number of nitrogens with zero attached hydrogens (tertiary/aromatic N) is 1. The van der Waals surface area contributed by atoms with Crippen molar-refractivity contribution in [1.29, 1.82) is 0 Å². The molecule has 0 heterocycles. The minimum absolute atomic E-state index is 0.119. The van der Waals surface area contributed by atoms with Gasteiger partial charge in [0, 0.05) is 5.56 Å². The second-order valence-electron chi connectivity index (χ2n) is 6.42. The number of ether oxygens (including phenoxy) is 1. The van der Waals surface area contributed by atoms with Crippen LogP contribution in [-0.2, 0) is 5.41 Å². The summed E-state index contributed by atoms with van der Waals surface area (Å²) in [5, 5.41) is 4.02. The summed E-state index contributed by atoms with van der Waals surface area (Å²) in [5.74, 6) is 0.400. The van der Waals surface area contributed by atoms with E-state index in [4.69, 9.17) is 4.74 Å². The van der Waals surface area contributed by atoms with Crippen LogP contribution in [0.25, 0.3) is 0 Å². The fraction of sp³-hybridized carbons (Fsp3) is 0.263. The van der Waals surface area contributed by atoms with E-state index >= 15 is 0 Å². The van der Waals surface area contributed by atoms with Gasteiger partial charge in [0.1, 0.15) is 5.75 Å². The summed E-state index contributed by atoms with van der Waals surface area (Å²) in [7, 11) is 1.58. The maximum absolute atomic E-state index is 12.1. The minimum atomic E-state index is -0.271. The van der Waals surface area contributed by atoms with Gasteiger partial charge in [-0.15, -0.1) is 0 Å². The lowest BCUT2D eigenvalue weighted by Crippen LogP contribution is -2.17. The molecule has 2 rings (SSSR count). The van der Waals surface area contributed by atoms with E-state index in [0.717, 1.165) is 9.13 Å². The van der Waals surface area contributed by atoms with Gasteiger partial charge in [-0.1, -0.05) is 45.0 Å². The highest BCUT2D eigenvalue weighted by atomic mass is 127. The van der Waals surface area contributed by atoms with Crippen LogP contribution in [0.3, 0.4) is 0 Å². The predicted molar refractivity (Wildman–Crippen MR) is 106 cm³/mol. The second kappa shape index (κ2) is 7.79. The Balaban J connectivity index is 2.02. The van der Waals surface area contributed by atoms with Crippen LogP contribution in [0, 0.1) is 3.57 Å². The molecule has 0 spiro atoms. The van der Waals surface area contributed by atoms with Gasteiger partial charge < -0.3 is 4.74 Å². The molecule has 0 atom stereocenters. The average molecular weight is 436 g/mol. The summed E-state index contributed by atoms with van der Waals surface area (Å²) < 4.78 is 6.18. The largest absolute Gasteiger partial charge is 0.496 e. The van der Waals surface area contributed by atoms with E-state index in [9.17, 15) is 4.79 Å². The molecule has 24 heavy (non-hydrogen) atoms. The number of rotatable bonds is 4. The van der Waals surface area contributed by atoms with E-state index < -0.39 is 0 Å². The summed E-state index contributed by atoms with van der Waals surface area (Å²) in [6.07, 6.45) is 1.63. The van der Waals surface area contributed by atoms with Crippen LogP contribution in [0.5, 0.6) is 5.75 Å². The van der Waals surface area contributed by atoms with Gasteiger partial charge in [0.25, 0.3) is 5.91 Å². The van der Waals surface area contributed by atoms with Gasteiger partial charge in [0.05, 0.1) is 16.9 Å². The van der Waals surface area contributed by atoms with Crippen molar-refractivity contribution in [3.05, 3.63) is 62.7 Å². The summed E-state index contributed by atoms with van der Waals surface area (Å²) >= 11 is 2.16. The number of carbonyl (C=O) groups is 1. The third kappa shape index (κ3) is 4.80. The van der Waals surface area contributed by atoms with Crippen molar-refractivity contribution in [3.8, 4) is 5.75 Å². The van der Waals surface area contributed by atoms with Crippen molar-refractivity contribution in [1.82, 2.24) is 5.43 Å². The number of benzene rings is 2. The fourth-order valence-corrected chi connectivity index (χ4v) is 2.66. The van der Waals surface area contributed by atoms with Gasteiger partial charge in [0.15, 0.2) is 0 Å². The van der Waals surface area contributed by atoms with Crippen molar-refractivity contribution in [3.63, 3.8) is 0 Å². The minimum Gasteiger partial charge on any atom is -0.496 e. The molecule has 2 aromatic carbocycles. The van der Waals surface area contributed by atoms with Crippen molar-refractivity contribution in [2.45, 2.75) is 26.2 Å². The summed E-state index contributed by atoms with van der Waals surface area (Å²) in [6.45, 7) is 6.52. The molecule has 126 valence electrons. The van der Waals surface area contributed by atoms with Crippen LogP contribution in [0.1, 0.15) is 42.3 Å². The van der Waals surface area contributed by atoms with Gasteiger partial charge in [-0.2, -0.15) is 5.10 Å². The highest BCUT2D eigenvalue weighted by Gasteiger charge is 2.12. The van der Waals surface area contributed by atoms with E-state index in [-0.39, 0.29) is 11.3 Å². The molecule has 0 aliphatic heterocycles. The van der Waals surface area contributed by atoms with E-state index in [1.54, 1.807) is 25.5 Å². The molecule has 2 aromatic rings. The number of amides is 1. The molecule has 0 saturated carbocycles. The summed E-state index contributed by atoms with van der Waals surface area (Å²) in [4.78, 5) is 12.1. The molecule has 1 N–H and O–H groups in total. The number of halogens is 1. The zero-order chi connectivity index (χ0) is 17.7. The summed E-state index contributed by atoms with van der Waals surface area (Å²) in [5.41, 5.74) is 5.35. The molecule has 1 amide bonds. The highest BCUT2D eigenvalue weighted by Crippen LogP contribution is 2.22. The predicted octanol–water partition coefficient (Wildman–Crippen LogP) is 4.36. The molecule has 0 aliphatic rings. The second-order valence-corrected chi connectivity index (χ2v) is 7.58. The number of hydrazone groups is 1. The Morgan fingerprint density at radius 3 is 2.42 bits per heavy atom. The molecule has 0 saturated heterocycles. The van der Waals surface area contributed by atoms with Gasteiger partial charge in [-0.25, -0.2) is 5.43 Å². The van der Waals surface area contributed by atoms with Gasteiger partial charge in [-0.3, -0.25) is 4.79 Å². The normalized spacial score (nSPS) is 11.5. The molecule has 0 unspecified atom stereocenters. The SMILES string of the molecule is COc1cc(C(=O)N/N=C\c2ccc(C(C)(C)C)cc2)ccc1I. The van der Waals surface area contributed by atoms with E-state index in [2.05, 4.69) is 66.0 Å². The lowest BCUT2D eigenvalue weighted by molar-refractivity contribution is 0.0954. The fourth-order valence-electron chi connectivity index (χ4n) is 2.10. The highest BCUT2D eigenvalue weighted by molar-refractivity contribution is 14.1. The molecule has 0 bridgehead atoms. The Bertz CT molecular complexity index is 747. The molecule has 0 aliphatic carbocycles. The number of methoxy groups -OCH3 is 1. The standard InChI is InChI=1S/C19H21IN2O2/c1-19(2,3)15-8-5-13(6-9-15)12-21-22-18(23)14-7-10-16(20)17(11-14)24-4/h5-12H,1-4H3,(H,22,23)/b21-12-. The van der Waals surface area contributed by atoms with E-state index in [1.165, 1.54) is 5.56 Å². The molecule has 0 fully saturated rings. The van der Waals surface area contributed by atoms with Crippen molar-refractivity contribution >= 4 is 34.7 Å². The lowest BCUT2D eigenvalue weighted by atomic mass is 9.87. The maximum Gasteiger partial charge on any atom is 0.271 e. The van der Waals surface area contributed by atoms with Crippen LogP contribution in [0.2, 0.25) is 0 Å². The maximum atomic E-state index is 12.1. The first-order valence-corrected chi connectivity index (χ1v) is 8.66. The Morgan fingerprint density at radius 1 is 1.17 bits per heavy atom. The smallest absolute Gasteiger partial charge is 0.271 e. The Morgan fingerprint density at radius 2 is 1.83 bits per heavy atom. The lowest BCUT2D eigenvalue weighted by Gasteiger charge is -2.18. The zero-order valence-electron chi connectivity index (χ0n) is 14.3. The van der Waals surface area contributed by atoms with Gasteiger partial charge >= 0.3 is 0 Å². The monoisotopic (exact) mass is 436 g/mol. The first-order chi connectivity index (χ1) is 11.3. The first kappa shape index (κ1) is 18.4. The molecule has 0 radical (unpaired) electrons. The molecular weight excluding hydrogens is 415 g/mol. The number of hydrogen-bond acceptors (Lipinski definition) is 3. The number of carbonyl (C=O) groups excluding carboxylic acids is 1. The van der Waals surface area contributed by atoms with E-state index in [1.807, 2.05) is 18.2 Å². The first-order valence-electron chi connectivity index (χ1n) is 7.59. The van der Waals surface area contributed by atoms with Crippen LogP contribution >= 0.6 is 22.6 Å². The zero-order valence-corrected chi connectivity index (χ0v) is 16.4. The van der Waals surface area contributed by atoms with Gasteiger partial charge in [-0.05, 0) is 57.3 Å². The Labute approximate surface area is 156 Å². The molecule has 0 aromatic heterocycles. The van der Waals surface area contributed by atoms with Crippen molar-refractivity contribution < 1.29 is 9.53 Å². The quantitative estimate of drug-likeness (QED) is 0.440. The molecular formula is C19H21IN2O2. The van der Waals surface area contributed by atoms with Crippen LogP contribution in [0.15, 0.2) is 47.6 Å². The molecule has 4 nitrogen and oxygen atoms in total. The van der Waals surface area contributed by atoms with Crippen LogP contribution < -0.4 is 10.2 Å². The van der Waals surface area contributed by atoms with Crippen molar-refractivity contribution in [2.24, 2.45) is 5.10 Å². The molecule has 5 heteroatoms. The summed E-state index contributed by atoms with van der Waals surface area (Å²) in [6, 6.07) is 13.4. The van der Waals surface area contributed by atoms with Crippen LogP contribution in [0.4, 0.5) is 0 Å². The van der Waals surface area contributed by atoms with Gasteiger partial charge in [0.2, 0.25) is 0 Å². The average Bonchev–Trinajstić information content (AvgIpc) is 2.55. The third-order valence-corrected chi connectivity index (χ3v) is 4.46. The van der Waals surface area contributed by atoms with Crippen LogP contribution in [-0.4, -0.2) is 19.2 Å². The Hall–Kier alpha value is -1.89. The third-order valence-electron chi connectivity index (χ3n) is 3.57. The van der Waals surface area contributed by atoms with E-state index in [0.29, 0.717) is 11.3 Å².